The number of carbonyl (C=O) groups excluding carboxylic acids is 1. The molecule has 3 aliphatic rings. The monoisotopic (exact) mass is 364 g/mol. The maximum atomic E-state index is 12.8. The van der Waals surface area contributed by atoms with Crippen LogP contribution >= 0.6 is 0 Å². The molecule has 3 fully saturated rings. The fourth-order valence-corrected chi connectivity index (χ4v) is 6.59. The van der Waals surface area contributed by atoms with Gasteiger partial charge in [0.05, 0.1) is 12.0 Å². The van der Waals surface area contributed by atoms with Crippen LogP contribution in [0.1, 0.15) is 86.5 Å². The van der Waals surface area contributed by atoms with Gasteiger partial charge in [0, 0.05) is 0 Å². The molecule has 2 bridgehead atoms. The van der Waals surface area contributed by atoms with E-state index in [2.05, 4.69) is 41.5 Å². The van der Waals surface area contributed by atoms with Crippen LogP contribution in [0, 0.1) is 40.4 Å². The summed E-state index contributed by atoms with van der Waals surface area (Å²) in [5, 5.41) is 0. The van der Waals surface area contributed by atoms with E-state index in [0.717, 1.165) is 19.3 Å². The van der Waals surface area contributed by atoms with E-state index >= 15 is 0 Å². The zero-order valence-corrected chi connectivity index (χ0v) is 17.8. The average Bonchev–Trinajstić information content (AvgIpc) is 3.13. The second-order valence-electron chi connectivity index (χ2n) is 11.3. The molecule has 0 saturated heterocycles. The summed E-state index contributed by atoms with van der Waals surface area (Å²) in [6, 6.07) is 0. The van der Waals surface area contributed by atoms with Crippen molar-refractivity contribution in [2.24, 2.45) is 40.4 Å². The normalized spacial score (nSPS) is 35.7. The molecule has 0 aromatic carbocycles. The van der Waals surface area contributed by atoms with E-state index in [0.29, 0.717) is 35.2 Å². The first-order valence-electron chi connectivity index (χ1n) is 10.9. The lowest BCUT2D eigenvalue weighted by atomic mass is 9.57. The first-order chi connectivity index (χ1) is 12.1. The summed E-state index contributed by atoms with van der Waals surface area (Å²) in [5.74, 6) is 2.52. The molecule has 5 unspecified atom stereocenters. The topological polar surface area (TPSA) is 35.5 Å². The van der Waals surface area contributed by atoms with Crippen LogP contribution in [0.4, 0.5) is 0 Å². The Labute approximate surface area is 160 Å². The van der Waals surface area contributed by atoms with Crippen molar-refractivity contribution >= 4 is 5.97 Å². The van der Waals surface area contributed by atoms with Crippen LogP contribution in [0.25, 0.3) is 0 Å². The summed E-state index contributed by atoms with van der Waals surface area (Å²) in [6.45, 7) is 14.3. The summed E-state index contributed by atoms with van der Waals surface area (Å²) >= 11 is 0. The molecule has 3 heteroatoms. The van der Waals surface area contributed by atoms with Crippen molar-refractivity contribution in [2.75, 3.05) is 6.79 Å². The molecule has 150 valence electrons. The van der Waals surface area contributed by atoms with Gasteiger partial charge in [-0.2, -0.15) is 0 Å². The van der Waals surface area contributed by atoms with Gasteiger partial charge in [-0.1, -0.05) is 60.8 Å². The Morgan fingerprint density at radius 3 is 2.08 bits per heavy atom. The number of hydrogen-bond acceptors (Lipinski definition) is 3. The van der Waals surface area contributed by atoms with E-state index < -0.39 is 0 Å². The minimum atomic E-state index is -0.00470. The van der Waals surface area contributed by atoms with Crippen LogP contribution < -0.4 is 0 Å². The third-order valence-corrected chi connectivity index (χ3v) is 7.36. The lowest BCUT2D eigenvalue weighted by molar-refractivity contribution is -0.171. The molecule has 0 heterocycles. The third-order valence-electron chi connectivity index (χ3n) is 7.36. The maximum absolute atomic E-state index is 12.8. The predicted molar refractivity (Wildman–Crippen MR) is 105 cm³/mol. The van der Waals surface area contributed by atoms with Crippen LogP contribution in [0.3, 0.4) is 0 Å². The van der Waals surface area contributed by atoms with Crippen molar-refractivity contribution in [3.05, 3.63) is 0 Å². The molecule has 3 saturated carbocycles. The molecule has 0 N–H and O–H groups in total. The van der Waals surface area contributed by atoms with Gasteiger partial charge in [-0.3, -0.25) is 4.79 Å². The molecule has 0 amide bonds. The molecule has 0 aromatic rings. The predicted octanol–water partition coefficient (Wildman–Crippen LogP) is 5.82. The third kappa shape index (κ3) is 4.13. The lowest BCUT2D eigenvalue weighted by Gasteiger charge is -2.48. The van der Waals surface area contributed by atoms with E-state index in [1.54, 1.807) is 0 Å². The van der Waals surface area contributed by atoms with E-state index in [1.165, 1.54) is 25.7 Å². The summed E-state index contributed by atoms with van der Waals surface area (Å²) in [7, 11) is 0. The molecule has 26 heavy (non-hydrogen) atoms. The van der Waals surface area contributed by atoms with Crippen molar-refractivity contribution in [2.45, 2.75) is 92.6 Å². The maximum Gasteiger partial charge on any atom is 0.311 e. The summed E-state index contributed by atoms with van der Waals surface area (Å²) < 4.78 is 11.4. The molecule has 3 nitrogen and oxygen atoms in total. The molecule has 0 radical (unpaired) electrons. The zero-order valence-electron chi connectivity index (χ0n) is 17.8. The second kappa shape index (κ2) is 7.45. The van der Waals surface area contributed by atoms with Crippen LogP contribution in [0.2, 0.25) is 0 Å². The Kier molecular flexibility index (Phi) is 5.78. The number of hydrogen-bond donors (Lipinski definition) is 0. The van der Waals surface area contributed by atoms with E-state index in [4.69, 9.17) is 9.47 Å². The molecule has 5 atom stereocenters. The summed E-state index contributed by atoms with van der Waals surface area (Å²) in [4.78, 5) is 12.8. The van der Waals surface area contributed by atoms with Crippen LogP contribution in [-0.2, 0) is 14.3 Å². The van der Waals surface area contributed by atoms with Gasteiger partial charge in [-0.25, -0.2) is 0 Å². The van der Waals surface area contributed by atoms with Gasteiger partial charge in [0.1, 0.15) is 0 Å². The summed E-state index contributed by atoms with van der Waals surface area (Å²) in [5.41, 5.74) is 0.533. The van der Waals surface area contributed by atoms with Gasteiger partial charge < -0.3 is 9.47 Å². The van der Waals surface area contributed by atoms with Gasteiger partial charge in [0.25, 0.3) is 0 Å². The van der Waals surface area contributed by atoms with E-state index in [1.807, 2.05) is 0 Å². The molecular weight excluding hydrogens is 324 g/mol. The van der Waals surface area contributed by atoms with Crippen molar-refractivity contribution < 1.29 is 14.3 Å². The Hall–Kier alpha value is -0.570. The number of carbonyl (C=O) groups is 1. The van der Waals surface area contributed by atoms with Crippen LogP contribution in [0.5, 0.6) is 0 Å². The first kappa shape index (κ1) is 20.2. The Balaban J connectivity index is 1.59. The number of rotatable bonds is 4. The van der Waals surface area contributed by atoms with Gasteiger partial charge in [-0.05, 0) is 60.2 Å². The minimum Gasteiger partial charge on any atom is -0.438 e. The average molecular weight is 365 g/mol. The minimum absolute atomic E-state index is 0.00470. The molecule has 3 rings (SSSR count). The zero-order chi connectivity index (χ0) is 19.1. The largest absolute Gasteiger partial charge is 0.438 e. The van der Waals surface area contributed by atoms with Crippen molar-refractivity contribution in [3.63, 3.8) is 0 Å². The van der Waals surface area contributed by atoms with Crippen LogP contribution in [-0.4, -0.2) is 18.9 Å². The van der Waals surface area contributed by atoms with Crippen molar-refractivity contribution in [3.8, 4) is 0 Å². The molecule has 0 aromatic heterocycles. The van der Waals surface area contributed by atoms with Gasteiger partial charge in [0.15, 0.2) is 6.79 Å². The van der Waals surface area contributed by atoms with Gasteiger partial charge in [0.2, 0.25) is 0 Å². The molecule has 0 aliphatic heterocycles. The smallest absolute Gasteiger partial charge is 0.311 e. The number of esters is 1. The quantitative estimate of drug-likeness (QED) is 0.466. The second-order valence-corrected chi connectivity index (χ2v) is 11.3. The van der Waals surface area contributed by atoms with Gasteiger partial charge in [-0.15, -0.1) is 0 Å². The molecule has 0 spiro atoms. The lowest BCUT2D eigenvalue weighted by Crippen LogP contribution is -2.44. The number of fused-ring (bicyclic) bond motifs is 2. The Morgan fingerprint density at radius 1 is 0.885 bits per heavy atom. The highest BCUT2D eigenvalue weighted by atomic mass is 16.7. The van der Waals surface area contributed by atoms with Crippen molar-refractivity contribution in [1.29, 1.82) is 0 Å². The Morgan fingerprint density at radius 2 is 1.50 bits per heavy atom. The fraction of sp³-hybridized carbons (Fsp3) is 0.957. The van der Waals surface area contributed by atoms with E-state index in [-0.39, 0.29) is 24.1 Å². The summed E-state index contributed by atoms with van der Waals surface area (Å²) in [6.07, 6.45) is 8.54. The SMILES string of the molecule is CC(C)(C)C1C2CC(C(=O)OCOC3CCCCC3)C(C2)C1C(C)(C)C. The standard InChI is InChI=1S/C23H40O3/c1-22(2,3)19-15-12-17(20(19)23(4,5)6)18(13-15)21(24)26-14-25-16-10-8-7-9-11-16/h15-20H,7-14H2,1-6H3. The van der Waals surface area contributed by atoms with Crippen LogP contribution in [0.15, 0.2) is 0 Å². The molecular formula is C23H40O3. The molecule has 3 aliphatic carbocycles. The Bertz CT molecular complexity index is 493. The van der Waals surface area contributed by atoms with Gasteiger partial charge >= 0.3 is 5.97 Å². The highest BCUT2D eigenvalue weighted by Gasteiger charge is 2.60. The van der Waals surface area contributed by atoms with Crippen molar-refractivity contribution in [1.82, 2.24) is 0 Å². The highest BCUT2D eigenvalue weighted by Crippen LogP contribution is 2.64. The van der Waals surface area contributed by atoms with E-state index in [9.17, 15) is 4.79 Å². The first-order valence-corrected chi connectivity index (χ1v) is 10.9. The highest BCUT2D eigenvalue weighted by molar-refractivity contribution is 5.73. The number of ether oxygens (including phenoxy) is 2. The fourth-order valence-electron chi connectivity index (χ4n) is 6.59.